The number of rotatable bonds is 2. The molecule has 0 spiro atoms. The van der Waals surface area contributed by atoms with Crippen LogP contribution < -0.4 is 5.32 Å². The lowest BCUT2D eigenvalue weighted by molar-refractivity contribution is -0.143. The van der Waals surface area contributed by atoms with E-state index < -0.39 is 18.0 Å². The van der Waals surface area contributed by atoms with Crippen LogP contribution in [0.5, 0.6) is 0 Å². The highest BCUT2D eigenvalue weighted by Gasteiger charge is 2.34. The van der Waals surface area contributed by atoms with Gasteiger partial charge in [-0.05, 0) is 52.9 Å². The lowest BCUT2D eigenvalue weighted by atomic mass is 9.93. The van der Waals surface area contributed by atoms with Crippen molar-refractivity contribution in [1.29, 1.82) is 0 Å². The number of aliphatic carboxylic acids is 1. The number of hydrogen-bond acceptors (Lipinski definition) is 2. The van der Waals surface area contributed by atoms with Crippen molar-refractivity contribution in [3.63, 3.8) is 0 Å². The van der Waals surface area contributed by atoms with Crippen molar-refractivity contribution in [2.24, 2.45) is 5.92 Å². The number of carboxylic acid groups (broad SMARTS) is 1. The van der Waals surface area contributed by atoms with Crippen molar-refractivity contribution in [2.75, 3.05) is 11.9 Å². The van der Waals surface area contributed by atoms with Crippen LogP contribution in [0.4, 0.5) is 10.5 Å². The zero-order chi connectivity index (χ0) is 15.6. The molecule has 0 bridgehead atoms. The number of hydrogen-bond donors (Lipinski definition) is 2. The van der Waals surface area contributed by atoms with Crippen LogP contribution in [0.1, 0.15) is 19.8 Å². The third kappa shape index (κ3) is 3.89. The van der Waals surface area contributed by atoms with Gasteiger partial charge in [-0.3, -0.25) is 0 Å². The maximum absolute atomic E-state index is 12.3. The molecule has 1 aromatic carbocycles. The van der Waals surface area contributed by atoms with Crippen LogP contribution in [0, 0.1) is 5.92 Å². The van der Waals surface area contributed by atoms with Gasteiger partial charge in [0.25, 0.3) is 0 Å². The second kappa shape index (κ2) is 6.66. The van der Waals surface area contributed by atoms with Crippen LogP contribution in [0.25, 0.3) is 0 Å². The molecule has 1 heterocycles. The molecule has 0 saturated carbocycles. The molecule has 7 heteroatoms. The van der Waals surface area contributed by atoms with E-state index in [0.717, 1.165) is 6.42 Å². The number of anilines is 1. The number of carbonyl (C=O) groups excluding carboxylic acids is 1. The highest BCUT2D eigenvalue weighted by atomic mass is 79.9. The summed E-state index contributed by atoms with van der Waals surface area (Å²) in [6.45, 7) is 2.44. The van der Waals surface area contributed by atoms with Gasteiger partial charge in [0, 0.05) is 16.0 Å². The van der Waals surface area contributed by atoms with Crippen LogP contribution in [-0.2, 0) is 4.79 Å². The minimum absolute atomic E-state index is 0.303. The monoisotopic (exact) mass is 374 g/mol. The standard InChI is InChI=1S/C14H16BrClN2O3/c1-8-4-5-18(12(6-8)13(19)20)14(21)17-11-3-2-9(16)7-10(11)15/h2-3,7-8,12H,4-6H2,1H3,(H,17,21)(H,19,20). The number of amides is 2. The molecule has 0 aliphatic carbocycles. The zero-order valence-electron chi connectivity index (χ0n) is 11.5. The Labute approximate surface area is 136 Å². The lowest BCUT2D eigenvalue weighted by Gasteiger charge is -2.35. The van der Waals surface area contributed by atoms with E-state index in [1.54, 1.807) is 18.2 Å². The summed E-state index contributed by atoms with van der Waals surface area (Å²) in [6, 6.07) is 3.82. The summed E-state index contributed by atoms with van der Waals surface area (Å²) in [5, 5.41) is 12.6. The topological polar surface area (TPSA) is 69.6 Å². The Morgan fingerprint density at radius 1 is 1.48 bits per heavy atom. The van der Waals surface area contributed by atoms with Gasteiger partial charge in [0.05, 0.1) is 5.69 Å². The lowest BCUT2D eigenvalue weighted by Crippen LogP contribution is -2.51. The van der Waals surface area contributed by atoms with Crippen molar-refractivity contribution in [2.45, 2.75) is 25.8 Å². The average Bonchev–Trinajstić information content (AvgIpc) is 2.41. The van der Waals surface area contributed by atoms with E-state index in [0.29, 0.717) is 34.1 Å². The number of likely N-dealkylation sites (tertiary alicyclic amines) is 1. The molecule has 0 aromatic heterocycles. The molecule has 21 heavy (non-hydrogen) atoms. The predicted octanol–water partition coefficient (Wildman–Crippen LogP) is 3.82. The smallest absolute Gasteiger partial charge is 0.326 e. The molecule has 2 rings (SSSR count). The van der Waals surface area contributed by atoms with Crippen molar-refractivity contribution in [1.82, 2.24) is 4.90 Å². The van der Waals surface area contributed by atoms with Gasteiger partial charge < -0.3 is 15.3 Å². The molecule has 1 aliphatic heterocycles. The van der Waals surface area contributed by atoms with E-state index in [4.69, 9.17) is 11.6 Å². The van der Waals surface area contributed by atoms with Crippen LogP contribution in [0.3, 0.4) is 0 Å². The molecule has 2 unspecified atom stereocenters. The third-order valence-corrected chi connectivity index (χ3v) is 4.47. The predicted molar refractivity (Wildman–Crippen MR) is 84.7 cm³/mol. The SMILES string of the molecule is CC1CCN(C(=O)Nc2ccc(Cl)cc2Br)C(C(=O)O)C1. The van der Waals surface area contributed by atoms with Crippen molar-refractivity contribution >= 4 is 45.2 Å². The quantitative estimate of drug-likeness (QED) is 0.825. The molecule has 1 fully saturated rings. The van der Waals surface area contributed by atoms with Gasteiger partial charge in [-0.15, -0.1) is 0 Å². The van der Waals surface area contributed by atoms with E-state index in [2.05, 4.69) is 21.2 Å². The van der Waals surface area contributed by atoms with Gasteiger partial charge >= 0.3 is 12.0 Å². The van der Waals surface area contributed by atoms with Crippen molar-refractivity contribution in [3.8, 4) is 0 Å². The number of urea groups is 1. The first kappa shape index (κ1) is 16.1. The summed E-state index contributed by atoms with van der Waals surface area (Å²) < 4.78 is 0.653. The van der Waals surface area contributed by atoms with E-state index in [-0.39, 0.29) is 0 Å². The van der Waals surface area contributed by atoms with Gasteiger partial charge in [-0.1, -0.05) is 18.5 Å². The zero-order valence-corrected chi connectivity index (χ0v) is 13.8. The highest BCUT2D eigenvalue weighted by Crippen LogP contribution is 2.28. The molecule has 0 radical (unpaired) electrons. The number of carbonyl (C=O) groups is 2. The second-order valence-electron chi connectivity index (χ2n) is 5.23. The molecule has 1 aromatic rings. The summed E-state index contributed by atoms with van der Waals surface area (Å²) in [6.07, 6.45) is 1.28. The minimum Gasteiger partial charge on any atom is -0.480 e. The van der Waals surface area contributed by atoms with Crippen molar-refractivity contribution < 1.29 is 14.7 Å². The minimum atomic E-state index is -0.966. The van der Waals surface area contributed by atoms with Gasteiger partial charge in [0.1, 0.15) is 6.04 Å². The van der Waals surface area contributed by atoms with Gasteiger partial charge in [-0.25, -0.2) is 9.59 Å². The second-order valence-corrected chi connectivity index (χ2v) is 6.52. The third-order valence-electron chi connectivity index (χ3n) is 3.58. The van der Waals surface area contributed by atoms with Crippen LogP contribution >= 0.6 is 27.5 Å². The molecule has 114 valence electrons. The van der Waals surface area contributed by atoms with Gasteiger partial charge in [0.2, 0.25) is 0 Å². The van der Waals surface area contributed by atoms with E-state index in [9.17, 15) is 14.7 Å². The maximum atomic E-state index is 12.3. The van der Waals surface area contributed by atoms with Gasteiger partial charge in [-0.2, -0.15) is 0 Å². The number of nitrogens with zero attached hydrogens (tertiary/aromatic N) is 1. The molecule has 2 atom stereocenters. The fraction of sp³-hybridized carbons (Fsp3) is 0.429. The number of benzene rings is 1. The first-order valence-corrected chi connectivity index (χ1v) is 7.81. The summed E-state index contributed by atoms with van der Waals surface area (Å²) in [7, 11) is 0. The first-order chi connectivity index (χ1) is 9.88. The molecule has 2 N–H and O–H groups in total. The molecular weight excluding hydrogens is 360 g/mol. The highest BCUT2D eigenvalue weighted by molar-refractivity contribution is 9.10. The number of nitrogens with one attached hydrogen (secondary N) is 1. The average molecular weight is 376 g/mol. The summed E-state index contributed by atoms with van der Waals surface area (Å²) in [5.41, 5.74) is 0.562. The van der Waals surface area contributed by atoms with E-state index in [1.807, 2.05) is 6.92 Å². The van der Waals surface area contributed by atoms with Crippen LogP contribution in [0.15, 0.2) is 22.7 Å². The summed E-state index contributed by atoms with van der Waals surface area (Å²) >= 11 is 9.17. The van der Waals surface area contributed by atoms with Crippen LogP contribution in [-0.4, -0.2) is 34.6 Å². The molecule has 2 amide bonds. The Kier molecular flexibility index (Phi) is 5.11. The molecule has 1 aliphatic rings. The fourth-order valence-corrected chi connectivity index (χ4v) is 3.18. The largest absolute Gasteiger partial charge is 0.480 e. The Hall–Kier alpha value is -1.27. The fourth-order valence-electron chi connectivity index (χ4n) is 2.40. The normalized spacial score (nSPS) is 22.0. The number of halogens is 2. The maximum Gasteiger partial charge on any atom is 0.326 e. The van der Waals surface area contributed by atoms with Crippen molar-refractivity contribution in [3.05, 3.63) is 27.7 Å². The Bertz CT molecular complexity index is 567. The molecule has 1 saturated heterocycles. The van der Waals surface area contributed by atoms with Crippen LogP contribution in [0.2, 0.25) is 5.02 Å². The number of carboxylic acids is 1. The molecule has 5 nitrogen and oxygen atoms in total. The number of piperidine rings is 1. The summed E-state index contributed by atoms with van der Waals surface area (Å²) in [4.78, 5) is 25.0. The molecular formula is C14H16BrClN2O3. The van der Waals surface area contributed by atoms with E-state index in [1.165, 1.54) is 4.90 Å². The Morgan fingerprint density at radius 3 is 2.81 bits per heavy atom. The summed E-state index contributed by atoms with van der Waals surface area (Å²) in [5.74, 6) is -0.663. The first-order valence-electron chi connectivity index (χ1n) is 6.64. The van der Waals surface area contributed by atoms with E-state index >= 15 is 0 Å². The van der Waals surface area contributed by atoms with Gasteiger partial charge in [0.15, 0.2) is 0 Å². The Balaban J connectivity index is 2.13. The Morgan fingerprint density at radius 2 is 2.19 bits per heavy atom.